The van der Waals surface area contributed by atoms with Crippen LogP contribution in [0.2, 0.25) is 5.02 Å². The fourth-order valence-corrected chi connectivity index (χ4v) is 7.96. The number of rotatable bonds is 23. The number of aliphatic imine (C=N–C) groups is 1. The molecule has 2 atom stereocenters. The number of ether oxygens (including phenoxy) is 2. The lowest BCUT2D eigenvalue weighted by Crippen LogP contribution is -2.38. The summed E-state index contributed by atoms with van der Waals surface area (Å²) in [5.41, 5.74) is 3.92. The number of amides is 5. The number of anilines is 1. The van der Waals surface area contributed by atoms with Crippen LogP contribution in [0.3, 0.4) is 0 Å². The van der Waals surface area contributed by atoms with E-state index in [1.54, 1.807) is 24.3 Å². The van der Waals surface area contributed by atoms with Crippen LogP contribution in [-0.4, -0.2) is 118 Å². The van der Waals surface area contributed by atoms with Crippen molar-refractivity contribution in [3.63, 3.8) is 0 Å². The summed E-state index contributed by atoms with van der Waals surface area (Å²) >= 11 is 7.90. The first kappa shape index (κ1) is 48.9. The van der Waals surface area contributed by atoms with Gasteiger partial charge >= 0.3 is 0 Å². The van der Waals surface area contributed by atoms with Gasteiger partial charge in [-0.3, -0.25) is 39.1 Å². The van der Waals surface area contributed by atoms with Crippen LogP contribution in [0.4, 0.5) is 5.00 Å². The molecule has 4 rings (SSSR count). The first-order valence-corrected chi connectivity index (χ1v) is 21.6. The molecule has 3 N–H and O–H groups in total. The van der Waals surface area contributed by atoms with Gasteiger partial charge in [0.15, 0.2) is 12.9 Å². The second kappa shape index (κ2) is 24.6. The van der Waals surface area contributed by atoms with Crippen molar-refractivity contribution in [1.82, 2.24) is 20.9 Å². The molecular weight excluding hydrogens is 836 g/mol. The molecule has 0 fully saturated rings. The summed E-state index contributed by atoms with van der Waals surface area (Å²) in [7, 11) is 1.53. The lowest BCUT2D eigenvalue weighted by molar-refractivity contribution is -0.126. The number of amidine groups is 1. The van der Waals surface area contributed by atoms with Crippen LogP contribution in [-0.2, 0) is 23.9 Å². The van der Waals surface area contributed by atoms with E-state index in [1.165, 1.54) is 24.1 Å². The zero-order valence-corrected chi connectivity index (χ0v) is 37.4. The van der Waals surface area contributed by atoms with Gasteiger partial charge in [-0.2, -0.15) is 5.10 Å². The Morgan fingerprint density at radius 1 is 1.05 bits per heavy atom. The second-order valence-corrected chi connectivity index (χ2v) is 16.2. The molecule has 16 nitrogen and oxygen atoms in total. The highest BCUT2D eigenvalue weighted by atomic mass is 35.5. The Bertz CT molecular complexity index is 2140. The molecule has 0 saturated heterocycles. The van der Waals surface area contributed by atoms with Crippen LogP contribution in [0.25, 0.3) is 0 Å². The molecule has 3 aromatic rings. The van der Waals surface area contributed by atoms with Crippen molar-refractivity contribution >= 4 is 82.5 Å². The number of hydrogen-bond acceptors (Lipinski definition) is 12. The Kier molecular flexibility index (Phi) is 19.4. The van der Waals surface area contributed by atoms with E-state index in [4.69, 9.17) is 26.1 Å². The van der Waals surface area contributed by atoms with Crippen LogP contribution >= 0.6 is 22.9 Å². The van der Waals surface area contributed by atoms with Crippen LogP contribution in [0.15, 0.2) is 57.7 Å². The van der Waals surface area contributed by atoms with Gasteiger partial charge in [-0.1, -0.05) is 42.8 Å². The Labute approximate surface area is 371 Å². The van der Waals surface area contributed by atoms with Crippen molar-refractivity contribution in [2.24, 2.45) is 15.2 Å². The van der Waals surface area contributed by atoms with Gasteiger partial charge in [-0.05, 0) is 63.8 Å². The topological polar surface area (TPSA) is 201 Å². The Balaban J connectivity index is 1.22. The first-order chi connectivity index (χ1) is 29.8. The Morgan fingerprint density at radius 3 is 2.39 bits per heavy atom. The predicted octanol–water partition coefficient (Wildman–Crippen LogP) is 5.29. The molecule has 1 aromatic heterocycles. The fraction of sp³-hybridized carbons (Fsp3) is 0.432. The number of nitrogens with zero attached hydrogens (tertiary/aromatic N) is 5. The van der Waals surface area contributed by atoms with E-state index in [0.29, 0.717) is 69.8 Å². The van der Waals surface area contributed by atoms with Crippen molar-refractivity contribution in [3.8, 4) is 5.75 Å². The van der Waals surface area contributed by atoms with Crippen molar-refractivity contribution < 1.29 is 38.2 Å². The highest BCUT2D eigenvalue weighted by Crippen LogP contribution is 2.40. The number of carbonyl (C=O) groups is 6. The van der Waals surface area contributed by atoms with Crippen LogP contribution in [0, 0.1) is 13.8 Å². The largest absolute Gasteiger partial charge is 0.483 e. The highest BCUT2D eigenvalue weighted by Gasteiger charge is 2.32. The average molecular weight is 891 g/mol. The molecule has 5 amide bonds. The smallest absolute Gasteiger partial charge is 0.258 e. The molecule has 0 aliphatic carbocycles. The summed E-state index contributed by atoms with van der Waals surface area (Å²) in [6, 6.07) is 11.3. The number of carbonyl (C=O) groups excluding carboxylic acids is 6. The fourth-order valence-electron chi connectivity index (χ4n) is 6.65. The van der Waals surface area contributed by atoms with E-state index >= 15 is 0 Å². The maximum atomic E-state index is 13.4. The Hall–Kier alpha value is -5.78. The molecule has 62 heavy (non-hydrogen) atoms. The number of aryl methyl sites for hydroxylation is 1. The maximum absolute atomic E-state index is 13.4. The SMILES string of the molecule is C=N/N=C(/CC)N1C[C@H](CC(=O)NCCCOCCCNC(=O)COc2cccc(C=O)c2C(=O)N(C)C(C)CCC(=O)NC=O)N=C(c2ccc(Cl)cc2)c2c1sc(C)c2C. The average Bonchev–Trinajstić information content (AvgIpc) is 3.46. The number of benzene rings is 2. The summed E-state index contributed by atoms with van der Waals surface area (Å²) in [6.45, 7) is 13.0. The monoisotopic (exact) mass is 890 g/mol. The Morgan fingerprint density at radius 2 is 1.74 bits per heavy atom. The van der Waals surface area contributed by atoms with E-state index in [1.807, 2.05) is 31.2 Å². The second-order valence-electron chi connectivity index (χ2n) is 14.6. The van der Waals surface area contributed by atoms with Crippen molar-refractivity contribution in [1.29, 1.82) is 0 Å². The lowest BCUT2D eigenvalue weighted by atomic mass is 9.99. The van der Waals surface area contributed by atoms with E-state index in [-0.39, 0.29) is 48.1 Å². The van der Waals surface area contributed by atoms with Gasteiger partial charge in [0.25, 0.3) is 11.8 Å². The third-order valence-corrected chi connectivity index (χ3v) is 11.7. The predicted molar refractivity (Wildman–Crippen MR) is 242 cm³/mol. The number of fused-ring (bicyclic) bond motifs is 1. The van der Waals surface area contributed by atoms with Gasteiger partial charge in [0.05, 0.1) is 23.7 Å². The summed E-state index contributed by atoms with van der Waals surface area (Å²) in [5.74, 6) is -0.747. The minimum absolute atomic E-state index is 0.000657. The molecule has 0 spiro atoms. The normalized spacial score (nSPS) is 14.1. The summed E-state index contributed by atoms with van der Waals surface area (Å²) in [4.78, 5) is 83.2. The van der Waals surface area contributed by atoms with Gasteiger partial charge in [0.2, 0.25) is 18.2 Å². The van der Waals surface area contributed by atoms with Crippen LogP contribution in [0.5, 0.6) is 5.75 Å². The summed E-state index contributed by atoms with van der Waals surface area (Å²) in [5, 5.41) is 17.6. The van der Waals surface area contributed by atoms with E-state index < -0.39 is 30.4 Å². The lowest BCUT2D eigenvalue weighted by Gasteiger charge is -2.26. The molecule has 1 unspecified atom stereocenters. The molecule has 1 aliphatic rings. The van der Waals surface area contributed by atoms with Crippen molar-refractivity contribution in [2.75, 3.05) is 51.4 Å². The van der Waals surface area contributed by atoms with E-state index in [0.717, 1.165) is 38.1 Å². The number of hydrogen-bond donors (Lipinski definition) is 3. The molecule has 0 saturated carbocycles. The van der Waals surface area contributed by atoms with Crippen LogP contribution in [0.1, 0.15) is 94.7 Å². The molecule has 0 bridgehead atoms. The van der Waals surface area contributed by atoms with Gasteiger partial charge in [0.1, 0.15) is 16.6 Å². The minimum atomic E-state index is -0.520. The standard InChI is InChI=1S/C44H55ClN8O8S/c1-7-36(51-46-5)53-24-34(50-42(31-14-16-33(45)17-15-31)40-29(3)30(4)62-44(40)53)23-38(57)47-19-9-21-60-22-10-20-48-39(58)26-61-35-12-8-11-32(25-54)41(35)43(59)52(6)28(2)13-18-37(56)49-27-55/h8,11-12,14-17,25,27-28,34H,5,7,9-10,13,18-24,26H2,1-4,6H3,(H,47,57)(H,48,58)(H,49,55,56)/b51-36-/t28?,34-/m0/s1. The van der Waals surface area contributed by atoms with E-state index in [2.05, 4.69) is 51.6 Å². The van der Waals surface area contributed by atoms with Crippen molar-refractivity contribution in [2.45, 2.75) is 78.3 Å². The number of thiophene rings is 1. The maximum Gasteiger partial charge on any atom is 0.258 e. The summed E-state index contributed by atoms with van der Waals surface area (Å²) in [6.07, 6.45) is 3.01. The van der Waals surface area contributed by atoms with E-state index in [9.17, 15) is 28.8 Å². The number of halogens is 1. The third-order valence-electron chi connectivity index (χ3n) is 10.2. The third kappa shape index (κ3) is 13.6. The highest BCUT2D eigenvalue weighted by molar-refractivity contribution is 7.17. The zero-order valence-electron chi connectivity index (χ0n) is 35.8. The van der Waals surface area contributed by atoms with Gasteiger partial charge < -0.3 is 29.9 Å². The van der Waals surface area contributed by atoms with Crippen molar-refractivity contribution in [3.05, 3.63) is 80.2 Å². The zero-order chi connectivity index (χ0) is 45.2. The van der Waals surface area contributed by atoms with Gasteiger partial charge in [0, 0.05) is 92.1 Å². The molecule has 1 aliphatic heterocycles. The van der Waals surface area contributed by atoms with Gasteiger partial charge in [-0.25, -0.2) is 0 Å². The molecule has 332 valence electrons. The number of nitrogens with one attached hydrogen (secondary N) is 3. The molecule has 2 heterocycles. The number of aldehydes is 1. The quantitative estimate of drug-likeness (QED) is 0.0372. The van der Waals surface area contributed by atoms with Crippen LogP contribution < -0.4 is 25.6 Å². The molecule has 0 radical (unpaired) electrons. The first-order valence-electron chi connectivity index (χ1n) is 20.4. The summed E-state index contributed by atoms with van der Waals surface area (Å²) < 4.78 is 11.4. The minimum Gasteiger partial charge on any atom is -0.483 e. The number of imide groups is 1. The molecule has 18 heteroatoms. The molecule has 2 aromatic carbocycles. The molecular formula is C44H55ClN8O8S. The van der Waals surface area contributed by atoms with Gasteiger partial charge in [-0.15, -0.1) is 16.4 Å².